The maximum absolute atomic E-state index is 5.96. The molecule has 5 nitrogen and oxygen atoms in total. The molecule has 1 N–H and O–H groups in total. The van der Waals surface area contributed by atoms with Gasteiger partial charge in [-0.1, -0.05) is 18.2 Å². The predicted octanol–water partition coefficient (Wildman–Crippen LogP) is 2.62. The fourth-order valence-corrected chi connectivity index (χ4v) is 2.78. The van der Waals surface area contributed by atoms with Crippen LogP contribution in [0.15, 0.2) is 43.0 Å². The topological polar surface area (TPSA) is 48.3 Å². The summed E-state index contributed by atoms with van der Waals surface area (Å²) in [6, 6.07) is 8.24. The quantitative estimate of drug-likeness (QED) is 0.723. The summed E-state index contributed by atoms with van der Waals surface area (Å²) in [5.74, 6) is 0.963. The van der Waals surface area contributed by atoms with Crippen molar-refractivity contribution < 1.29 is 9.47 Å². The molecular formula is C18H25N3O2. The zero-order valence-electron chi connectivity index (χ0n) is 13.5. The van der Waals surface area contributed by atoms with Gasteiger partial charge in [-0.3, -0.25) is 0 Å². The van der Waals surface area contributed by atoms with E-state index in [9.17, 15) is 0 Å². The Morgan fingerprint density at radius 2 is 2.30 bits per heavy atom. The molecule has 1 fully saturated rings. The Labute approximate surface area is 137 Å². The molecule has 1 unspecified atom stereocenters. The van der Waals surface area contributed by atoms with Crippen molar-refractivity contribution in [3.05, 3.63) is 48.5 Å². The van der Waals surface area contributed by atoms with Crippen LogP contribution in [0.5, 0.6) is 5.75 Å². The molecule has 0 radical (unpaired) electrons. The second-order valence-electron chi connectivity index (χ2n) is 5.88. The lowest BCUT2D eigenvalue weighted by Gasteiger charge is -2.15. The number of nitrogens with zero attached hydrogens (tertiary/aromatic N) is 2. The number of imidazole rings is 1. The maximum Gasteiger partial charge on any atom is 0.123 e. The number of ether oxygens (including phenoxy) is 2. The number of hydrogen-bond donors (Lipinski definition) is 1. The molecule has 2 heterocycles. The van der Waals surface area contributed by atoms with Gasteiger partial charge >= 0.3 is 0 Å². The Morgan fingerprint density at radius 1 is 1.35 bits per heavy atom. The molecule has 1 aromatic heterocycles. The number of aromatic nitrogens is 2. The Bertz CT molecular complexity index is 565. The highest BCUT2D eigenvalue weighted by Crippen LogP contribution is 2.20. The van der Waals surface area contributed by atoms with Crippen LogP contribution in [0.1, 0.15) is 24.8 Å². The molecule has 124 valence electrons. The molecule has 0 spiro atoms. The minimum atomic E-state index is 0.256. The van der Waals surface area contributed by atoms with Gasteiger partial charge < -0.3 is 19.4 Å². The SMILES string of the molecule is c1ccc(OCC2CCCO2)c(CNCCCn2ccnc2)c1. The van der Waals surface area contributed by atoms with Gasteiger partial charge in [0, 0.05) is 37.7 Å². The fourth-order valence-electron chi connectivity index (χ4n) is 2.78. The molecule has 1 saturated heterocycles. The van der Waals surface area contributed by atoms with E-state index in [1.54, 1.807) is 0 Å². The number of hydrogen-bond acceptors (Lipinski definition) is 4. The third-order valence-corrected chi connectivity index (χ3v) is 4.07. The largest absolute Gasteiger partial charge is 0.491 e. The molecule has 0 aliphatic carbocycles. The van der Waals surface area contributed by atoms with E-state index >= 15 is 0 Å². The van der Waals surface area contributed by atoms with E-state index in [2.05, 4.69) is 27.0 Å². The van der Waals surface area contributed by atoms with Crippen molar-refractivity contribution >= 4 is 0 Å². The normalized spacial score (nSPS) is 17.5. The van der Waals surface area contributed by atoms with E-state index in [-0.39, 0.29) is 6.10 Å². The second-order valence-corrected chi connectivity index (χ2v) is 5.88. The molecule has 0 saturated carbocycles. The average molecular weight is 315 g/mol. The molecule has 1 aliphatic rings. The van der Waals surface area contributed by atoms with Gasteiger partial charge in [0.15, 0.2) is 0 Å². The first-order chi connectivity index (χ1) is 11.4. The molecule has 0 amide bonds. The monoisotopic (exact) mass is 315 g/mol. The first-order valence-electron chi connectivity index (χ1n) is 8.40. The summed E-state index contributed by atoms with van der Waals surface area (Å²) in [6.45, 7) is 4.31. The van der Waals surface area contributed by atoms with Crippen LogP contribution in [-0.4, -0.2) is 35.4 Å². The molecule has 1 aromatic carbocycles. The summed E-state index contributed by atoms with van der Waals surface area (Å²) < 4.78 is 13.7. The van der Waals surface area contributed by atoms with E-state index < -0.39 is 0 Å². The molecule has 3 rings (SSSR count). The lowest BCUT2D eigenvalue weighted by molar-refractivity contribution is 0.0676. The number of nitrogens with one attached hydrogen (secondary N) is 1. The van der Waals surface area contributed by atoms with E-state index in [1.165, 1.54) is 5.56 Å². The van der Waals surface area contributed by atoms with Crippen molar-refractivity contribution in [3.63, 3.8) is 0 Å². The van der Waals surface area contributed by atoms with Crippen LogP contribution in [0.3, 0.4) is 0 Å². The van der Waals surface area contributed by atoms with Crippen molar-refractivity contribution in [1.82, 2.24) is 14.9 Å². The van der Waals surface area contributed by atoms with Crippen LogP contribution in [0.4, 0.5) is 0 Å². The summed E-state index contributed by atoms with van der Waals surface area (Å²) in [7, 11) is 0. The third-order valence-electron chi connectivity index (χ3n) is 4.07. The van der Waals surface area contributed by atoms with Crippen molar-refractivity contribution in [2.45, 2.75) is 38.5 Å². The maximum atomic E-state index is 5.96. The first kappa shape index (κ1) is 16.0. The zero-order chi connectivity index (χ0) is 15.7. The molecule has 1 atom stereocenters. The van der Waals surface area contributed by atoms with Gasteiger partial charge in [0.05, 0.1) is 12.4 Å². The molecule has 2 aromatic rings. The van der Waals surface area contributed by atoms with Crippen LogP contribution in [-0.2, 0) is 17.8 Å². The van der Waals surface area contributed by atoms with Crippen molar-refractivity contribution in [3.8, 4) is 5.75 Å². The minimum Gasteiger partial charge on any atom is -0.491 e. The molecule has 1 aliphatic heterocycles. The molecule has 23 heavy (non-hydrogen) atoms. The lowest BCUT2D eigenvalue weighted by atomic mass is 10.2. The Hall–Kier alpha value is -1.85. The van der Waals surface area contributed by atoms with Gasteiger partial charge in [-0.2, -0.15) is 0 Å². The van der Waals surface area contributed by atoms with Crippen molar-refractivity contribution in [2.75, 3.05) is 19.8 Å². The van der Waals surface area contributed by atoms with Crippen LogP contribution in [0.25, 0.3) is 0 Å². The summed E-state index contributed by atoms with van der Waals surface area (Å²) in [5, 5.41) is 3.49. The third kappa shape index (κ3) is 5.08. The Morgan fingerprint density at radius 3 is 3.13 bits per heavy atom. The number of para-hydroxylation sites is 1. The van der Waals surface area contributed by atoms with Gasteiger partial charge in [0.2, 0.25) is 0 Å². The van der Waals surface area contributed by atoms with Gasteiger partial charge in [-0.25, -0.2) is 4.98 Å². The average Bonchev–Trinajstić information content (AvgIpc) is 3.27. The van der Waals surface area contributed by atoms with Crippen molar-refractivity contribution in [2.24, 2.45) is 0 Å². The predicted molar refractivity (Wildman–Crippen MR) is 89.5 cm³/mol. The summed E-state index contributed by atoms with van der Waals surface area (Å²) in [6.07, 6.45) is 9.25. The van der Waals surface area contributed by atoms with E-state index in [4.69, 9.17) is 9.47 Å². The molecule has 5 heteroatoms. The van der Waals surface area contributed by atoms with Crippen LogP contribution in [0.2, 0.25) is 0 Å². The van der Waals surface area contributed by atoms with Crippen LogP contribution < -0.4 is 10.1 Å². The molecule has 0 bridgehead atoms. The number of benzene rings is 1. The second kappa shape index (κ2) is 8.70. The Kier molecular flexibility index (Phi) is 6.06. The summed E-state index contributed by atoms with van der Waals surface area (Å²) >= 11 is 0. The first-order valence-corrected chi connectivity index (χ1v) is 8.40. The van der Waals surface area contributed by atoms with Gasteiger partial charge in [0.25, 0.3) is 0 Å². The zero-order valence-corrected chi connectivity index (χ0v) is 13.5. The number of aryl methyl sites for hydroxylation is 1. The van der Waals surface area contributed by atoms with Gasteiger partial charge in [-0.05, 0) is 31.9 Å². The fraction of sp³-hybridized carbons (Fsp3) is 0.500. The highest BCUT2D eigenvalue weighted by atomic mass is 16.5. The minimum absolute atomic E-state index is 0.256. The highest BCUT2D eigenvalue weighted by Gasteiger charge is 2.16. The summed E-state index contributed by atoms with van der Waals surface area (Å²) in [4.78, 5) is 4.05. The van der Waals surface area contributed by atoms with Crippen LogP contribution >= 0.6 is 0 Å². The smallest absolute Gasteiger partial charge is 0.123 e. The van der Waals surface area contributed by atoms with Crippen molar-refractivity contribution in [1.29, 1.82) is 0 Å². The van der Waals surface area contributed by atoms with Gasteiger partial charge in [0.1, 0.15) is 12.4 Å². The molecular weight excluding hydrogens is 290 g/mol. The Balaban J connectivity index is 1.40. The van der Waals surface area contributed by atoms with E-state index in [1.807, 2.05) is 30.9 Å². The number of rotatable bonds is 9. The van der Waals surface area contributed by atoms with Crippen LogP contribution in [0, 0.1) is 0 Å². The van der Waals surface area contributed by atoms with E-state index in [0.29, 0.717) is 6.61 Å². The van der Waals surface area contributed by atoms with Gasteiger partial charge in [-0.15, -0.1) is 0 Å². The highest BCUT2D eigenvalue weighted by molar-refractivity contribution is 5.33. The van der Waals surface area contributed by atoms with E-state index in [0.717, 1.165) is 51.3 Å². The summed E-state index contributed by atoms with van der Waals surface area (Å²) in [5.41, 5.74) is 1.20. The standard InChI is InChI=1S/C18H25N3O2/c1-2-7-18(23-14-17-6-3-12-22-17)16(5-1)13-19-8-4-10-21-11-9-20-15-21/h1-2,5,7,9,11,15,17,19H,3-4,6,8,10,12-14H2. The lowest BCUT2D eigenvalue weighted by Crippen LogP contribution is -2.19.